The summed E-state index contributed by atoms with van der Waals surface area (Å²) in [4.78, 5) is 23.4. The lowest BCUT2D eigenvalue weighted by atomic mass is 9.94. The highest BCUT2D eigenvalue weighted by molar-refractivity contribution is 6.27. The molecule has 31 heavy (non-hydrogen) atoms. The number of carboxylic acids is 2. The number of ether oxygens (including phenoxy) is 3. The molecule has 9 nitrogen and oxygen atoms in total. The number of aliphatic carboxylic acids is 2. The van der Waals surface area contributed by atoms with Gasteiger partial charge in [0.15, 0.2) is 11.5 Å². The maximum Gasteiger partial charge on any atom is 0.414 e. The fourth-order valence-corrected chi connectivity index (χ4v) is 4.22. The van der Waals surface area contributed by atoms with Crippen LogP contribution in [0.1, 0.15) is 37.7 Å². The van der Waals surface area contributed by atoms with E-state index in [1.54, 1.807) is 21.3 Å². The molecule has 1 aromatic carbocycles. The average Bonchev–Trinajstić information content (AvgIpc) is 2.79. The van der Waals surface area contributed by atoms with Crippen LogP contribution in [0, 0.1) is 0 Å². The molecule has 2 aliphatic rings. The van der Waals surface area contributed by atoms with E-state index in [1.807, 2.05) is 0 Å². The highest BCUT2D eigenvalue weighted by Crippen LogP contribution is 2.38. The van der Waals surface area contributed by atoms with Crippen molar-refractivity contribution < 1.29 is 34.0 Å². The van der Waals surface area contributed by atoms with E-state index in [0.29, 0.717) is 5.75 Å². The number of hydrogen-bond acceptors (Lipinski definition) is 7. The molecule has 1 aliphatic carbocycles. The molecule has 2 N–H and O–H groups in total. The molecule has 174 valence electrons. The van der Waals surface area contributed by atoms with E-state index in [-0.39, 0.29) is 0 Å². The first-order valence-electron chi connectivity index (χ1n) is 10.6. The molecule has 0 atom stereocenters. The largest absolute Gasteiger partial charge is 0.493 e. The van der Waals surface area contributed by atoms with Gasteiger partial charge in [-0.25, -0.2) is 9.59 Å². The Morgan fingerprint density at radius 1 is 0.871 bits per heavy atom. The van der Waals surface area contributed by atoms with E-state index in [9.17, 15) is 0 Å². The lowest BCUT2D eigenvalue weighted by molar-refractivity contribution is -0.159. The van der Waals surface area contributed by atoms with E-state index in [2.05, 4.69) is 21.9 Å². The van der Waals surface area contributed by atoms with E-state index < -0.39 is 11.9 Å². The fraction of sp³-hybridized carbons (Fsp3) is 0.636. The van der Waals surface area contributed by atoms with Crippen molar-refractivity contribution in [2.24, 2.45) is 0 Å². The number of carbonyl (C=O) groups is 2. The van der Waals surface area contributed by atoms with Crippen LogP contribution in [0.25, 0.3) is 0 Å². The van der Waals surface area contributed by atoms with Gasteiger partial charge in [-0.1, -0.05) is 19.3 Å². The summed E-state index contributed by atoms with van der Waals surface area (Å²) >= 11 is 0. The van der Waals surface area contributed by atoms with Gasteiger partial charge in [-0.05, 0) is 30.5 Å². The highest BCUT2D eigenvalue weighted by atomic mass is 16.5. The van der Waals surface area contributed by atoms with Crippen molar-refractivity contribution in [2.75, 3.05) is 47.5 Å². The third kappa shape index (κ3) is 7.29. The van der Waals surface area contributed by atoms with Gasteiger partial charge in [0.05, 0.1) is 21.3 Å². The van der Waals surface area contributed by atoms with Crippen molar-refractivity contribution >= 4 is 11.9 Å². The molecule has 1 saturated carbocycles. The third-order valence-corrected chi connectivity index (χ3v) is 5.81. The standard InChI is InChI=1S/C20H32N2O3.C2H2O4/c1-23-18-13-16(14-19(24-2)20(18)25-3)15-21-9-11-22(12-10-21)17-7-5-4-6-8-17;3-1(4)2(5)6/h13-14,17H,4-12,15H2,1-3H3;(H,3,4)(H,5,6). The van der Waals surface area contributed by atoms with Crippen LogP contribution in [0.3, 0.4) is 0 Å². The Kier molecular flexibility index (Phi) is 9.87. The summed E-state index contributed by atoms with van der Waals surface area (Å²) in [5, 5.41) is 14.8. The van der Waals surface area contributed by atoms with Gasteiger partial charge in [-0.15, -0.1) is 0 Å². The lowest BCUT2D eigenvalue weighted by Gasteiger charge is -2.40. The molecule has 2 fully saturated rings. The maximum absolute atomic E-state index is 9.10. The summed E-state index contributed by atoms with van der Waals surface area (Å²) in [7, 11) is 4.98. The Hall–Kier alpha value is -2.52. The Morgan fingerprint density at radius 3 is 1.81 bits per heavy atom. The van der Waals surface area contributed by atoms with Crippen LogP contribution < -0.4 is 14.2 Å². The van der Waals surface area contributed by atoms with Gasteiger partial charge in [-0.3, -0.25) is 9.80 Å². The summed E-state index contributed by atoms with van der Waals surface area (Å²) in [5.74, 6) is -1.52. The number of methoxy groups -OCH3 is 3. The average molecular weight is 439 g/mol. The molecule has 1 heterocycles. The Labute approximate surface area is 183 Å². The monoisotopic (exact) mass is 438 g/mol. The van der Waals surface area contributed by atoms with Crippen molar-refractivity contribution in [2.45, 2.75) is 44.7 Å². The zero-order valence-electron chi connectivity index (χ0n) is 18.6. The highest BCUT2D eigenvalue weighted by Gasteiger charge is 2.25. The maximum atomic E-state index is 9.10. The summed E-state index contributed by atoms with van der Waals surface area (Å²) in [6.45, 7) is 5.57. The van der Waals surface area contributed by atoms with Crippen LogP contribution >= 0.6 is 0 Å². The SMILES string of the molecule is COc1cc(CN2CCN(C3CCCCC3)CC2)cc(OC)c1OC.O=C(O)C(=O)O. The van der Waals surface area contributed by atoms with Crippen molar-refractivity contribution in [1.82, 2.24) is 9.80 Å². The van der Waals surface area contributed by atoms with Gasteiger partial charge >= 0.3 is 11.9 Å². The predicted octanol–water partition coefficient (Wildman–Crippen LogP) is 2.32. The van der Waals surface area contributed by atoms with Gasteiger partial charge in [0.25, 0.3) is 0 Å². The van der Waals surface area contributed by atoms with E-state index in [0.717, 1.165) is 37.2 Å². The summed E-state index contributed by atoms with van der Waals surface area (Å²) in [5.41, 5.74) is 1.21. The van der Waals surface area contributed by atoms with E-state index in [4.69, 9.17) is 34.0 Å². The zero-order valence-corrected chi connectivity index (χ0v) is 18.6. The molecule has 1 aliphatic heterocycles. The second-order valence-corrected chi connectivity index (χ2v) is 7.75. The summed E-state index contributed by atoms with van der Waals surface area (Å²) in [6, 6.07) is 4.96. The minimum Gasteiger partial charge on any atom is -0.493 e. The molecular formula is C22H34N2O7. The van der Waals surface area contributed by atoms with Crippen molar-refractivity contribution in [3.05, 3.63) is 17.7 Å². The van der Waals surface area contributed by atoms with Gasteiger partial charge < -0.3 is 24.4 Å². The molecule has 0 radical (unpaired) electrons. The number of rotatable bonds is 6. The molecule has 0 amide bonds. The molecule has 9 heteroatoms. The van der Waals surface area contributed by atoms with Crippen molar-refractivity contribution in [3.8, 4) is 17.2 Å². The molecule has 0 bridgehead atoms. The molecule has 0 aromatic heterocycles. The topological polar surface area (TPSA) is 109 Å². The molecule has 3 rings (SSSR count). The first-order chi connectivity index (χ1) is 14.9. The second-order valence-electron chi connectivity index (χ2n) is 7.75. The number of carboxylic acid groups (broad SMARTS) is 2. The molecule has 0 unspecified atom stereocenters. The fourth-order valence-electron chi connectivity index (χ4n) is 4.22. The Bertz CT molecular complexity index is 690. The number of benzene rings is 1. The third-order valence-electron chi connectivity index (χ3n) is 5.81. The minimum absolute atomic E-state index is 0.663. The predicted molar refractivity (Wildman–Crippen MR) is 115 cm³/mol. The number of nitrogens with zero attached hydrogens (tertiary/aromatic N) is 2. The minimum atomic E-state index is -1.82. The quantitative estimate of drug-likeness (QED) is 0.647. The van der Waals surface area contributed by atoms with Gasteiger partial charge in [0.1, 0.15) is 0 Å². The second kappa shape index (κ2) is 12.4. The lowest BCUT2D eigenvalue weighted by Crippen LogP contribution is -2.50. The van der Waals surface area contributed by atoms with Gasteiger partial charge in [-0.2, -0.15) is 0 Å². The molecule has 0 spiro atoms. The normalized spacial score (nSPS) is 17.9. The first kappa shape index (κ1) is 24.7. The van der Waals surface area contributed by atoms with Gasteiger partial charge in [0.2, 0.25) is 5.75 Å². The molecule has 1 aromatic rings. The van der Waals surface area contributed by atoms with E-state index >= 15 is 0 Å². The summed E-state index contributed by atoms with van der Waals surface area (Å²) < 4.78 is 16.4. The van der Waals surface area contributed by atoms with E-state index in [1.165, 1.54) is 50.8 Å². The van der Waals surface area contributed by atoms with Crippen molar-refractivity contribution in [3.63, 3.8) is 0 Å². The molecular weight excluding hydrogens is 404 g/mol. The van der Waals surface area contributed by atoms with Gasteiger partial charge in [0, 0.05) is 38.8 Å². The smallest absolute Gasteiger partial charge is 0.414 e. The van der Waals surface area contributed by atoms with Crippen molar-refractivity contribution in [1.29, 1.82) is 0 Å². The van der Waals surface area contributed by atoms with Crippen LogP contribution in [0.5, 0.6) is 17.2 Å². The zero-order chi connectivity index (χ0) is 22.8. The Balaban J connectivity index is 0.000000501. The van der Waals surface area contributed by atoms with Crippen LogP contribution in [0.4, 0.5) is 0 Å². The van der Waals surface area contributed by atoms with Crippen LogP contribution in [-0.2, 0) is 16.1 Å². The summed E-state index contributed by atoms with van der Waals surface area (Å²) in [6.07, 6.45) is 7.05. The van der Waals surface area contributed by atoms with Crippen LogP contribution in [-0.4, -0.2) is 85.5 Å². The Morgan fingerprint density at radius 2 is 1.39 bits per heavy atom. The number of piperazine rings is 1. The number of hydrogen-bond donors (Lipinski definition) is 2. The van der Waals surface area contributed by atoms with Crippen LogP contribution in [0.15, 0.2) is 12.1 Å². The first-order valence-corrected chi connectivity index (χ1v) is 10.6. The molecule has 1 saturated heterocycles. The van der Waals surface area contributed by atoms with Crippen LogP contribution in [0.2, 0.25) is 0 Å².